The van der Waals surface area contributed by atoms with Crippen molar-refractivity contribution >= 4 is 21.7 Å². The number of sulfonamides is 1. The van der Waals surface area contributed by atoms with E-state index < -0.39 is 32.6 Å². The van der Waals surface area contributed by atoms with Crippen LogP contribution >= 0.6 is 0 Å². The van der Waals surface area contributed by atoms with Crippen LogP contribution in [0.1, 0.15) is 69.1 Å². The van der Waals surface area contributed by atoms with Crippen LogP contribution in [0.15, 0.2) is 34.0 Å². The van der Waals surface area contributed by atoms with Gasteiger partial charge in [0.15, 0.2) is 0 Å². The van der Waals surface area contributed by atoms with Crippen LogP contribution in [0, 0.1) is 5.82 Å². The number of carbonyl (C=O) groups excluding carboxylic acids is 1. The zero-order valence-corrected chi connectivity index (χ0v) is 17.6. The van der Waals surface area contributed by atoms with Crippen molar-refractivity contribution in [2.24, 2.45) is 0 Å². The molecule has 3 N–H and O–H groups in total. The first-order valence-corrected chi connectivity index (χ1v) is 10.9. The number of anilines is 1. The van der Waals surface area contributed by atoms with Crippen molar-refractivity contribution in [3.63, 3.8) is 0 Å². The summed E-state index contributed by atoms with van der Waals surface area (Å²) in [4.78, 5) is 12.5. The van der Waals surface area contributed by atoms with Gasteiger partial charge in [-0.2, -0.15) is 8.42 Å². The highest BCUT2D eigenvalue weighted by atomic mass is 32.2. The molecule has 29 heavy (non-hydrogen) atoms. The quantitative estimate of drug-likeness (QED) is 0.645. The summed E-state index contributed by atoms with van der Waals surface area (Å²) < 4.78 is 45.9. The molecule has 0 unspecified atom stereocenters. The van der Waals surface area contributed by atoms with Crippen molar-refractivity contribution in [1.82, 2.24) is 4.72 Å². The molecule has 1 aliphatic rings. The standard InChI is InChI=1S/C20H25FN2O5S/c1-11(2)15-8-14(21)9-16(12(3)4)18(15)22-19(24)23-29(26,27)17-7-13(10-28-17)20(25)5-6-20/h7-12,25H,5-6H2,1-4H3,(H2,22,23,24). The lowest BCUT2D eigenvalue weighted by Crippen LogP contribution is -2.35. The molecular weight excluding hydrogens is 399 g/mol. The maximum Gasteiger partial charge on any atom is 0.333 e. The highest BCUT2D eigenvalue weighted by Crippen LogP contribution is 2.46. The van der Waals surface area contributed by atoms with Crippen molar-refractivity contribution in [3.05, 3.63) is 47.0 Å². The van der Waals surface area contributed by atoms with Gasteiger partial charge in [0, 0.05) is 17.3 Å². The molecule has 2 aromatic rings. The van der Waals surface area contributed by atoms with Gasteiger partial charge >= 0.3 is 6.03 Å². The van der Waals surface area contributed by atoms with Gasteiger partial charge in [0.1, 0.15) is 5.82 Å². The van der Waals surface area contributed by atoms with Gasteiger partial charge in [0.2, 0.25) is 5.09 Å². The monoisotopic (exact) mass is 424 g/mol. The van der Waals surface area contributed by atoms with Crippen molar-refractivity contribution < 1.29 is 27.1 Å². The van der Waals surface area contributed by atoms with E-state index in [1.165, 1.54) is 24.5 Å². The molecule has 1 saturated carbocycles. The third-order valence-corrected chi connectivity index (χ3v) is 6.17. The van der Waals surface area contributed by atoms with Crippen LogP contribution in [0.3, 0.4) is 0 Å². The SMILES string of the molecule is CC(C)c1cc(F)cc(C(C)C)c1NC(=O)NS(=O)(=O)c1cc(C2(O)CC2)co1. The largest absolute Gasteiger partial charge is 0.451 e. The predicted octanol–water partition coefficient (Wildman–Crippen LogP) is 4.16. The van der Waals surface area contributed by atoms with E-state index >= 15 is 0 Å². The summed E-state index contributed by atoms with van der Waals surface area (Å²) >= 11 is 0. The summed E-state index contributed by atoms with van der Waals surface area (Å²) in [5, 5.41) is 12.2. The molecule has 1 aliphatic carbocycles. The lowest BCUT2D eigenvalue weighted by Gasteiger charge is -2.20. The van der Waals surface area contributed by atoms with Crippen molar-refractivity contribution in [3.8, 4) is 0 Å². The molecule has 0 radical (unpaired) electrons. The first-order chi connectivity index (χ1) is 13.4. The number of rotatable bonds is 6. The molecule has 3 rings (SSSR count). The van der Waals surface area contributed by atoms with E-state index in [2.05, 4.69) is 5.32 Å². The molecule has 7 nitrogen and oxygen atoms in total. The zero-order chi connectivity index (χ0) is 21.6. The number of hydrogen-bond donors (Lipinski definition) is 3. The van der Waals surface area contributed by atoms with Crippen molar-refractivity contribution in [2.75, 3.05) is 5.32 Å². The van der Waals surface area contributed by atoms with Crippen LogP contribution in [0.2, 0.25) is 0 Å². The third kappa shape index (κ3) is 4.45. The van der Waals surface area contributed by atoms with Gasteiger partial charge in [-0.25, -0.2) is 13.9 Å². The molecule has 1 aromatic carbocycles. The van der Waals surface area contributed by atoms with Gasteiger partial charge < -0.3 is 14.8 Å². The molecule has 1 fully saturated rings. The van der Waals surface area contributed by atoms with E-state index in [9.17, 15) is 22.7 Å². The summed E-state index contributed by atoms with van der Waals surface area (Å²) in [5.41, 5.74) is 0.832. The minimum Gasteiger partial charge on any atom is -0.451 e. The van der Waals surface area contributed by atoms with E-state index in [0.29, 0.717) is 35.2 Å². The van der Waals surface area contributed by atoms with Gasteiger partial charge in [-0.05, 0) is 47.9 Å². The summed E-state index contributed by atoms with van der Waals surface area (Å²) in [7, 11) is -4.28. The smallest absolute Gasteiger partial charge is 0.333 e. The van der Waals surface area contributed by atoms with Crippen LogP contribution in [-0.4, -0.2) is 19.6 Å². The fourth-order valence-corrected chi connectivity index (χ4v) is 3.98. The maximum absolute atomic E-state index is 14.0. The highest BCUT2D eigenvalue weighted by Gasteiger charge is 2.44. The second-order valence-electron chi connectivity index (χ2n) is 8.01. The minimum absolute atomic E-state index is 0.0953. The molecule has 0 saturated heterocycles. The molecule has 1 aromatic heterocycles. The number of halogens is 1. The predicted molar refractivity (Wildman–Crippen MR) is 106 cm³/mol. The second kappa shape index (κ2) is 7.46. The average Bonchev–Trinajstić information content (AvgIpc) is 3.15. The Hall–Kier alpha value is -2.39. The second-order valence-corrected chi connectivity index (χ2v) is 9.63. The fourth-order valence-electron chi connectivity index (χ4n) is 3.12. The first-order valence-electron chi connectivity index (χ1n) is 9.41. The van der Waals surface area contributed by atoms with E-state index in [0.717, 1.165) is 0 Å². The zero-order valence-electron chi connectivity index (χ0n) is 16.7. The summed E-state index contributed by atoms with van der Waals surface area (Å²) in [5.74, 6) is -0.610. The van der Waals surface area contributed by atoms with Crippen molar-refractivity contribution in [1.29, 1.82) is 0 Å². The Morgan fingerprint density at radius 2 is 1.69 bits per heavy atom. The summed E-state index contributed by atoms with van der Waals surface area (Å²) in [6.07, 6.45) is 2.23. The Morgan fingerprint density at radius 3 is 2.17 bits per heavy atom. The molecule has 0 atom stereocenters. The van der Waals surface area contributed by atoms with E-state index in [4.69, 9.17) is 4.42 Å². The van der Waals surface area contributed by atoms with Gasteiger partial charge in [0.25, 0.3) is 10.0 Å². The number of hydrogen-bond acceptors (Lipinski definition) is 5. The number of carbonyl (C=O) groups is 1. The number of nitrogens with one attached hydrogen (secondary N) is 2. The van der Waals surface area contributed by atoms with Crippen LogP contribution in [0.5, 0.6) is 0 Å². The van der Waals surface area contributed by atoms with Crippen LogP contribution < -0.4 is 10.0 Å². The number of aliphatic hydroxyl groups is 1. The fraction of sp³-hybridized carbons (Fsp3) is 0.450. The third-order valence-electron chi connectivity index (χ3n) is 4.97. The molecule has 9 heteroatoms. The lowest BCUT2D eigenvalue weighted by atomic mass is 9.92. The first kappa shape index (κ1) is 21.3. The topological polar surface area (TPSA) is 109 Å². The molecule has 2 amide bonds. The minimum atomic E-state index is -4.28. The molecule has 0 spiro atoms. The van der Waals surface area contributed by atoms with Crippen molar-refractivity contribution in [2.45, 2.75) is 63.1 Å². The highest BCUT2D eigenvalue weighted by molar-refractivity contribution is 7.89. The van der Waals surface area contributed by atoms with E-state index in [1.54, 1.807) is 0 Å². The number of urea groups is 1. The average molecular weight is 424 g/mol. The Kier molecular flexibility index (Phi) is 5.48. The van der Waals surface area contributed by atoms with Gasteiger partial charge in [-0.15, -0.1) is 0 Å². The van der Waals surface area contributed by atoms with E-state index in [-0.39, 0.29) is 11.8 Å². The molecule has 0 bridgehead atoms. The van der Waals surface area contributed by atoms with Crippen LogP contribution in [0.25, 0.3) is 0 Å². The number of amides is 2. The molecule has 0 aliphatic heterocycles. The number of benzene rings is 1. The van der Waals surface area contributed by atoms with Crippen LogP contribution in [0.4, 0.5) is 14.9 Å². The summed E-state index contributed by atoms with van der Waals surface area (Å²) in [6, 6.07) is 2.88. The molecular formula is C20H25FN2O5S. The summed E-state index contributed by atoms with van der Waals surface area (Å²) in [6.45, 7) is 7.41. The Labute approximate surface area is 169 Å². The van der Waals surface area contributed by atoms with E-state index in [1.807, 2.05) is 32.4 Å². The maximum atomic E-state index is 14.0. The molecule has 158 valence electrons. The molecule has 1 heterocycles. The number of furan rings is 1. The Balaban J connectivity index is 1.84. The Morgan fingerprint density at radius 1 is 1.14 bits per heavy atom. The van der Waals surface area contributed by atoms with Gasteiger partial charge in [-0.3, -0.25) is 0 Å². The van der Waals surface area contributed by atoms with Crippen LogP contribution in [-0.2, 0) is 15.6 Å². The van der Waals surface area contributed by atoms with Gasteiger partial charge in [0.05, 0.1) is 11.9 Å². The van der Waals surface area contributed by atoms with Gasteiger partial charge in [-0.1, -0.05) is 27.7 Å². The normalized spacial score (nSPS) is 15.6. The lowest BCUT2D eigenvalue weighted by molar-refractivity contribution is 0.150. The Bertz CT molecular complexity index is 1010.